The van der Waals surface area contributed by atoms with Crippen molar-refractivity contribution in [3.05, 3.63) is 53.1 Å². The van der Waals surface area contributed by atoms with Gasteiger partial charge in [0.15, 0.2) is 0 Å². The summed E-state index contributed by atoms with van der Waals surface area (Å²) in [5.74, 6) is -0.0532. The van der Waals surface area contributed by atoms with E-state index < -0.39 is 0 Å². The number of nitrogens with two attached hydrogens (primary N) is 1. The topological polar surface area (TPSA) is 58.4 Å². The fourth-order valence-electron chi connectivity index (χ4n) is 3.04. The molecule has 1 atom stereocenters. The number of halogens is 2. The summed E-state index contributed by atoms with van der Waals surface area (Å²) in [6.45, 7) is 2.76. The van der Waals surface area contributed by atoms with Crippen molar-refractivity contribution < 1.29 is 4.79 Å². The van der Waals surface area contributed by atoms with Crippen LogP contribution in [0.4, 0.5) is 17.1 Å². The van der Waals surface area contributed by atoms with Gasteiger partial charge in [0.05, 0.1) is 0 Å². The maximum Gasteiger partial charge on any atom is 0.246 e. The predicted molar refractivity (Wildman–Crippen MR) is 103 cm³/mol. The quantitative estimate of drug-likeness (QED) is 0.804. The number of fused-ring (bicyclic) bond motifs is 1. The molecule has 1 aliphatic rings. The molecule has 0 radical (unpaired) electrons. The first-order chi connectivity index (χ1) is 11.1. The Morgan fingerprint density at radius 3 is 2.79 bits per heavy atom. The smallest absolute Gasteiger partial charge is 0.246 e. The Morgan fingerprint density at radius 1 is 1.29 bits per heavy atom. The minimum atomic E-state index is -0.283. The minimum absolute atomic E-state index is 0. The maximum absolute atomic E-state index is 12.6. The normalized spacial score (nSPS) is 14.3. The Kier molecular flexibility index (Phi) is 5.97. The van der Waals surface area contributed by atoms with E-state index in [-0.39, 0.29) is 24.4 Å². The van der Waals surface area contributed by atoms with Crippen LogP contribution in [-0.4, -0.2) is 18.5 Å². The molecule has 0 aromatic heterocycles. The highest BCUT2D eigenvalue weighted by Gasteiger charge is 2.26. The van der Waals surface area contributed by atoms with Crippen LogP contribution in [0.1, 0.15) is 18.9 Å². The standard InChI is InChI=1S/C18H20ClN3O.ClH/c1-12(18(23)21-14-6-2-5-13(19)11-14)22-10-4-7-15-16(20)8-3-9-17(15)22;/h2-3,5-6,8-9,11-12H,4,7,10,20H2,1H3,(H,21,23);1H. The molecular formula is C18H21Cl2N3O. The van der Waals surface area contributed by atoms with Gasteiger partial charge in [0.2, 0.25) is 5.91 Å². The van der Waals surface area contributed by atoms with Crippen molar-refractivity contribution in [2.24, 2.45) is 0 Å². The van der Waals surface area contributed by atoms with Gasteiger partial charge < -0.3 is 16.0 Å². The highest BCUT2D eigenvalue weighted by Crippen LogP contribution is 2.32. The number of carbonyl (C=O) groups excluding carboxylic acids is 1. The van der Waals surface area contributed by atoms with Crippen molar-refractivity contribution in [2.75, 3.05) is 22.5 Å². The zero-order valence-electron chi connectivity index (χ0n) is 13.5. The van der Waals surface area contributed by atoms with Gasteiger partial charge in [-0.3, -0.25) is 4.79 Å². The largest absolute Gasteiger partial charge is 0.398 e. The molecule has 3 rings (SSSR count). The van der Waals surface area contributed by atoms with Gasteiger partial charge in [-0.15, -0.1) is 12.4 Å². The van der Waals surface area contributed by atoms with E-state index in [0.717, 1.165) is 36.3 Å². The van der Waals surface area contributed by atoms with Gasteiger partial charge in [-0.05, 0) is 55.7 Å². The molecule has 4 nitrogen and oxygen atoms in total. The Hall–Kier alpha value is -1.91. The van der Waals surface area contributed by atoms with Gasteiger partial charge in [0, 0.05) is 28.6 Å². The number of anilines is 3. The molecule has 6 heteroatoms. The summed E-state index contributed by atoms with van der Waals surface area (Å²) in [5, 5.41) is 3.53. The molecular weight excluding hydrogens is 345 g/mol. The Balaban J connectivity index is 0.00000208. The molecule has 24 heavy (non-hydrogen) atoms. The van der Waals surface area contributed by atoms with E-state index >= 15 is 0 Å². The number of hydrogen-bond acceptors (Lipinski definition) is 3. The molecule has 1 unspecified atom stereocenters. The summed E-state index contributed by atoms with van der Waals surface area (Å²) in [7, 11) is 0. The molecule has 0 saturated carbocycles. The molecule has 0 fully saturated rings. The molecule has 128 valence electrons. The van der Waals surface area contributed by atoms with Gasteiger partial charge in [-0.1, -0.05) is 23.7 Å². The highest BCUT2D eigenvalue weighted by atomic mass is 35.5. The predicted octanol–water partition coefficient (Wildman–Crippen LogP) is 4.12. The van der Waals surface area contributed by atoms with E-state index in [4.69, 9.17) is 17.3 Å². The fraction of sp³-hybridized carbons (Fsp3) is 0.278. The first-order valence-electron chi connectivity index (χ1n) is 7.76. The minimum Gasteiger partial charge on any atom is -0.398 e. The summed E-state index contributed by atoms with van der Waals surface area (Å²) in [5.41, 5.74) is 9.79. The van der Waals surface area contributed by atoms with Crippen molar-refractivity contribution in [3.8, 4) is 0 Å². The van der Waals surface area contributed by atoms with E-state index in [1.54, 1.807) is 12.1 Å². The summed E-state index contributed by atoms with van der Waals surface area (Å²) in [6, 6.07) is 12.8. The second kappa shape index (κ2) is 7.77. The summed E-state index contributed by atoms with van der Waals surface area (Å²) in [4.78, 5) is 14.7. The number of amides is 1. The van der Waals surface area contributed by atoms with Crippen LogP contribution in [-0.2, 0) is 11.2 Å². The lowest BCUT2D eigenvalue weighted by molar-refractivity contribution is -0.117. The monoisotopic (exact) mass is 365 g/mol. The average molecular weight is 366 g/mol. The van der Waals surface area contributed by atoms with Crippen LogP contribution in [0.2, 0.25) is 5.02 Å². The van der Waals surface area contributed by atoms with Crippen molar-refractivity contribution in [3.63, 3.8) is 0 Å². The molecule has 2 aromatic carbocycles. The molecule has 1 heterocycles. The molecule has 0 bridgehead atoms. The molecule has 0 saturated heterocycles. The molecule has 1 aliphatic heterocycles. The lowest BCUT2D eigenvalue weighted by Crippen LogP contribution is -2.44. The molecule has 0 aliphatic carbocycles. The van der Waals surface area contributed by atoms with E-state index in [9.17, 15) is 4.79 Å². The van der Waals surface area contributed by atoms with Crippen LogP contribution in [0.5, 0.6) is 0 Å². The summed E-state index contributed by atoms with van der Waals surface area (Å²) < 4.78 is 0. The van der Waals surface area contributed by atoms with Crippen LogP contribution in [0.25, 0.3) is 0 Å². The highest BCUT2D eigenvalue weighted by molar-refractivity contribution is 6.30. The van der Waals surface area contributed by atoms with Gasteiger partial charge in [0.25, 0.3) is 0 Å². The Morgan fingerprint density at radius 2 is 2.04 bits per heavy atom. The van der Waals surface area contributed by atoms with E-state index in [0.29, 0.717) is 10.7 Å². The molecule has 0 spiro atoms. The first kappa shape index (κ1) is 18.4. The van der Waals surface area contributed by atoms with E-state index in [1.165, 1.54) is 0 Å². The number of nitrogen functional groups attached to an aromatic ring is 1. The van der Waals surface area contributed by atoms with Gasteiger partial charge in [-0.2, -0.15) is 0 Å². The first-order valence-corrected chi connectivity index (χ1v) is 8.14. The number of benzene rings is 2. The summed E-state index contributed by atoms with van der Waals surface area (Å²) in [6.07, 6.45) is 1.96. The Bertz CT molecular complexity index is 736. The molecule has 3 N–H and O–H groups in total. The van der Waals surface area contributed by atoms with Crippen LogP contribution in [0, 0.1) is 0 Å². The number of nitrogens with one attached hydrogen (secondary N) is 1. The fourth-order valence-corrected chi connectivity index (χ4v) is 3.23. The van der Waals surface area contributed by atoms with Gasteiger partial charge in [-0.25, -0.2) is 0 Å². The molecule has 2 aromatic rings. The number of nitrogens with zero attached hydrogens (tertiary/aromatic N) is 1. The second-order valence-corrected chi connectivity index (χ2v) is 6.25. The Labute approximate surface area is 153 Å². The number of rotatable bonds is 3. The van der Waals surface area contributed by atoms with Gasteiger partial charge >= 0.3 is 0 Å². The third-order valence-corrected chi connectivity index (χ3v) is 4.50. The van der Waals surface area contributed by atoms with Crippen LogP contribution >= 0.6 is 24.0 Å². The van der Waals surface area contributed by atoms with Crippen LogP contribution in [0.15, 0.2) is 42.5 Å². The average Bonchev–Trinajstić information content (AvgIpc) is 2.54. The zero-order valence-corrected chi connectivity index (χ0v) is 15.0. The van der Waals surface area contributed by atoms with Gasteiger partial charge in [0.1, 0.15) is 6.04 Å². The lowest BCUT2D eigenvalue weighted by atomic mass is 9.98. The third-order valence-electron chi connectivity index (χ3n) is 4.26. The van der Waals surface area contributed by atoms with Crippen molar-refractivity contribution >= 4 is 47.0 Å². The third kappa shape index (κ3) is 3.77. The number of hydrogen-bond donors (Lipinski definition) is 2. The second-order valence-electron chi connectivity index (χ2n) is 5.82. The van der Waals surface area contributed by atoms with E-state index in [1.807, 2.05) is 37.3 Å². The molecule has 1 amide bonds. The summed E-state index contributed by atoms with van der Waals surface area (Å²) >= 11 is 5.97. The number of carbonyl (C=O) groups is 1. The lowest BCUT2D eigenvalue weighted by Gasteiger charge is -2.36. The zero-order chi connectivity index (χ0) is 16.4. The van der Waals surface area contributed by atoms with E-state index in [2.05, 4.69) is 10.2 Å². The maximum atomic E-state index is 12.6. The SMILES string of the molecule is CC(C(=O)Nc1cccc(Cl)c1)N1CCCc2c(N)cccc21.Cl. The van der Waals surface area contributed by atoms with Crippen LogP contribution < -0.4 is 16.0 Å². The van der Waals surface area contributed by atoms with Crippen molar-refractivity contribution in [1.29, 1.82) is 0 Å². The van der Waals surface area contributed by atoms with Crippen LogP contribution in [0.3, 0.4) is 0 Å². The van der Waals surface area contributed by atoms with Crippen molar-refractivity contribution in [2.45, 2.75) is 25.8 Å². The van der Waals surface area contributed by atoms with Crippen molar-refractivity contribution in [1.82, 2.24) is 0 Å².